The molecule has 0 aromatic carbocycles. The lowest BCUT2D eigenvalue weighted by Gasteiger charge is -2.42. The molecule has 1 unspecified atom stereocenters. The van der Waals surface area contributed by atoms with Crippen LogP contribution >= 0.6 is 0 Å². The number of pyridine rings is 1. The van der Waals surface area contributed by atoms with Crippen LogP contribution in [0.1, 0.15) is 74.1 Å². The molecule has 2 saturated heterocycles. The first-order valence-electron chi connectivity index (χ1n) is 17.0. The molecule has 2 aliphatic heterocycles. The Balaban J connectivity index is 1.54. The number of hydrogen-bond donors (Lipinski definition) is 2. The van der Waals surface area contributed by atoms with Gasteiger partial charge in [-0.1, -0.05) is 39.0 Å². The van der Waals surface area contributed by atoms with Crippen LogP contribution < -0.4 is 5.32 Å². The number of ether oxygens (including phenoxy) is 3. The minimum atomic E-state index is -1.41. The molecule has 4 heterocycles. The number of aryl methyl sites for hydroxylation is 1. The summed E-state index contributed by atoms with van der Waals surface area (Å²) in [6, 6.07) is 5.06. The Morgan fingerprint density at radius 3 is 2.49 bits per heavy atom. The molecule has 2 aliphatic rings. The number of unbranched alkanes of at least 4 members (excludes halogenated alkanes) is 1. The van der Waals surface area contributed by atoms with Crippen LogP contribution in [-0.4, -0.2) is 106 Å². The summed E-state index contributed by atoms with van der Waals surface area (Å²) in [5.74, 6) is -2.09. The maximum Gasteiger partial charge on any atom is 0.410 e. The van der Waals surface area contributed by atoms with Crippen molar-refractivity contribution in [2.24, 2.45) is 17.8 Å². The number of aromatic nitrogens is 4. The molecule has 12 nitrogen and oxygen atoms in total. The van der Waals surface area contributed by atoms with Gasteiger partial charge < -0.3 is 24.6 Å². The summed E-state index contributed by atoms with van der Waals surface area (Å²) in [5, 5.41) is 23.4. The van der Waals surface area contributed by atoms with Crippen LogP contribution in [-0.2, 0) is 25.5 Å². The van der Waals surface area contributed by atoms with Crippen LogP contribution in [0.15, 0.2) is 30.6 Å². The van der Waals surface area contributed by atoms with Gasteiger partial charge in [0.2, 0.25) is 0 Å². The molecule has 2 N–H and O–H groups in total. The Morgan fingerprint density at radius 1 is 1.11 bits per heavy atom. The second kappa shape index (κ2) is 15.6. The van der Waals surface area contributed by atoms with Crippen molar-refractivity contribution in [2.45, 2.75) is 122 Å². The first-order valence-corrected chi connectivity index (χ1v) is 17.0. The number of hydrogen-bond acceptors (Lipinski definition) is 10. The van der Waals surface area contributed by atoms with Crippen molar-refractivity contribution < 1.29 is 28.9 Å². The monoisotopic (exact) mass is 652 g/mol. The summed E-state index contributed by atoms with van der Waals surface area (Å²) in [6.07, 6.45) is 3.62. The molecular formula is C34H53BN6O6. The zero-order valence-corrected chi connectivity index (χ0v) is 29.3. The van der Waals surface area contributed by atoms with E-state index in [9.17, 15) is 14.7 Å². The highest BCUT2D eigenvalue weighted by molar-refractivity contribution is 6.14. The molecule has 2 fully saturated rings. The predicted octanol–water partition coefficient (Wildman–Crippen LogP) is 4.03. The lowest BCUT2D eigenvalue weighted by Crippen LogP contribution is -2.61. The number of ketones is 1. The molecular weight excluding hydrogens is 599 g/mol. The second-order valence-corrected chi connectivity index (χ2v) is 13.9. The van der Waals surface area contributed by atoms with E-state index in [1.54, 1.807) is 36.7 Å². The SMILES string of the molecule is [B][C@@H]1[C@@H](C)C(=O)[C@@H](C)C(O)O[C@H](CC)[C@@]2(C)OC(=O)N(CCCCn3cc(-c4ccccn4)nn3)[C@@H]2[C@@H](C)NC[C@H](C)C[C@@]1(C)OC. The van der Waals surface area contributed by atoms with E-state index in [-0.39, 0.29) is 17.7 Å². The number of carbonyl (C=O) groups excluding carboxylic acids is 2. The first kappa shape index (κ1) is 37.0. The molecule has 0 bridgehead atoms. The quantitative estimate of drug-likeness (QED) is 0.317. The Morgan fingerprint density at radius 2 is 1.83 bits per heavy atom. The summed E-state index contributed by atoms with van der Waals surface area (Å²) in [7, 11) is 8.30. The fraction of sp³-hybridized carbons (Fsp3) is 0.735. The normalized spacial score (nSPS) is 36.0. The van der Waals surface area contributed by atoms with Crippen molar-refractivity contribution in [3.63, 3.8) is 0 Å². The minimum absolute atomic E-state index is 0.138. The molecule has 0 spiro atoms. The van der Waals surface area contributed by atoms with Gasteiger partial charge in [0.1, 0.15) is 17.6 Å². The molecule has 13 heteroatoms. The van der Waals surface area contributed by atoms with Crippen LogP contribution in [0, 0.1) is 17.8 Å². The zero-order chi connectivity index (χ0) is 34.5. The smallest absolute Gasteiger partial charge is 0.410 e. The number of rotatable bonds is 8. The van der Waals surface area contributed by atoms with Crippen molar-refractivity contribution in [1.29, 1.82) is 0 Å². The Kier molecular flexibility index (Phi) is 12.2. The van der Waals surface area contributed by atoms with Gasteiger partial charge >= 0.3 is 6.09 Å². The van der Waals surface area contributed by atoms with Gasteiger partial charge in [-0.05, 0) is 76.9 Å². The maximum absolute atomic E-state index is 13.6. The third-order valence-corrected chi connectivity index (χ3v) is 10.3. The Labute approximate surface area is 280 Å². The van der Waals surface area contributed by atoms with Gasteiger partial charge in [-0.15, -0.1) is 5.10 Å². The lowest BCUT2D eigenvalue weighted by molar-refractivity contribution is -0.210. The van der Waals surface area contributed by atoms with Crippen LogP contribution in [0.5, 0.6) is 0 Å². The summed E-state index contributed by atoms with van der Waals surface area (Å²) in [6.45, 7) is 15.1. The van der Waals surface area contributed by atoms with E-state index in [1.165, 1.54) is 0 Å². The van der Waals surface area contributed by atoms with Gasteiger partial charge in [0.15, 0.2) is 11.9 Å². The summed E-state index contributed by atoms with van der Waals surface area (Å²) < 4.78 is 20.1. The molecule has 2 aromatic heterocycles. The minimum Gasteiger partial charge on any atom is -0.438 e. The number of methoxy groups -OCH3 is 1. The highest BCUT2D eigenvalue weighted by Gasteiger charge is 2.58. The Hall–Kier alpha value is -2.87. The van der Waals surface area contributed by atoms with E-state index in [2.05, 4.69) is 34.5 Å². The fourth-order valence-corrected chi connectivity index (χ4v) is 7.38. The number of fused-ring (bicyclic) bond motifs is 1. The Bertz CT molecular complexity index is 1330. The lowest BCUT2D eigenvalue weighted by atomic mass is 9.62. The summed E-state index contributed by atoms with van der Waals surface area (Å²) >= 11 is 0. The zero-order valence-electron chi connectivity index (χ0n) is 29.3. The van der Waals surface area contributed by atoms with E-state index in [4.69, 9.17) is 22.1 Å². The molecule has 4 rings (SSSR count). The molecule has 258 valence electrons. The van der Waals surface area contributed by atoms with E-state index in [0.29, 0.717) is 44.6 Å². The van der Waals surface area contributed by atoms with E-state index >= 15 is 0 Å². The third kappa shape index (κ3) is 8.06. The number of nitrogens with zero attached hydrogens (tertiary/aromatic N) is 5. The van der Waals surface area contributed by atoms with Crippen molar-refractivity contribution in [1.82, 2.24) is 30.2 Å². The molecule has 10 atom stereocenters. The predicted molar refractivity (Wildman–Crippen MR) is 179 cm³/mol. The van der Waals surface area contributed by atoms with Gasteiger partial charge in [0.25, 0.3) is 0 Å². The van der Waals surface area contributed by atoms with Gasteiger partial charge in [0.05, 0.1) is 37.3 Å². The second-order valence-electron chi connectivity index (χ2n) is 13.9. The van der Waals surface area contributed by atoms with Crippen molar-refractivity contribution in [2.75, 3.05) is 20.2 Å². The number of carbonyl (C=O) groups is 2. The fourth-order valence-electron chi connectivity index (χ4n) is 7.38. The molecule has 0 aliphatic carbocycles. The molecule has 1 amide bonds. The third-order valence-electron chi connectivity index (χ3n) is 10.3. The van der Waals surface area contributed by atoms with E-state index in [0.717, 1.165) is 12.1 Å². The van der Waals surface area contributed by atoms with Crippen molar-refractivity contribution in [3.8, 4) is 11.4 Å². The number of aliphatic hydroxyl groups excluding tert-OH is 1. The molecule has 2 aromatic rings. The summed E-state index contributed by atoms with van der Waals surface area (Å²) in [5.41, 5.74) is -0.399. The average Bonchev–Trinajstić information content (AvgIpc) is 3.64. The largest absolute Gasteiger partial charge is 0.438 e. The highest BCUT2D eigenvalue weighted by atomic mass is 16.6. The topological polar surface area (TPSA) is 141 Å². The first-order chi connectivity index (χ1) is 22.3. The van der Waals surface area contributed by atoms with Gasteiger partial charge in [0, 0.05) is 38.4 Å². The molecule has 2 radical (unpaired) electrons. The van der Waals surface area contributed by atoms with Crippen LogP contribution in [0.25, 0.3) is 11.4 Å². The van der Waals surface area contributed by atoms with Crippen LogP contribution in [0.3, 0.4) is 0 Å². The number of aliphatic hydroxyl groups is 1. The van der Waals surface area contributed by atoms with Crippen LogP contribution in [0.2, 0.25) is 5.82 Å². The molecule has 0 saturated carbocycles. The maximum atomic E-state index is 13.6. The van der Waals surface area contributed by atoms with Gasteiger partial charge in [-0.3, -0.25) is 19.4 Å². The van der Waals surface area contributed by atoms with Crippen molar-refractivity contribution in [3.05, 3.63) is 30.6 Å². The number of amides is 1. The number of nitrogens with one attached hydrogen (secondary N) is 1. The van der Waals surface area contributed by atoms with E-state index in [1.807, 2.05) is 45.2 Å². The summed E-state index contributed by atoms with van der Waals surface area (Å²) in [4.78, 5) is 33.3. The van der Waals surface area contributed by atoms with Gasteiger partial charge in [-0.2, -0.15) is 0 Å². The standard InChI is InChI=1S/C34H53BN6O6/c1-9-27-34(7)30(41(32(44)47-34)17-13-12-16-40-20-26(38-39-40)25-14-10-11-15-36-25)24(5)37-19-21(2)18-33(6,45-8)29(35)22(3)28(42)23(4)31(43)46-27/h10-11,14-15,20-24,27,29-31,37,43H,9,12-13,16-19H2,1-8H3/t21-,22+,23-,24-,27-,29-,30-,31?,33-,34-/m1/s1. The average molecular weight is 653 g/mol. The molecule has 47 heavy (non-hydrogen) atoms. The van der Waals surface area contributed by atoms with Crippen molar-refractivity contribution >= 4 is 19.7 Å². The van der Waals surface area contributed by atoms with Gasteiger partial charge in [-0.25, -0.2) is 4.79 Å². The highest BCUT2D eigenvalue weighted by Crippen LogP contribution is 2.41. The van der Waals surface area contributed by atoms with Crippen LogP contribution in [0.4, 0.5) is 4.79 Å². The van der Waals surface area contributed by atoms with E-state index < -0.39 is 53.4 Å². The number of Topliss-reactive ketones (excluding diaryl/α,β-unsaturated/α-hetero) is 1.